The van der Waals surface area contributed by atoms with Crippen LogP contribution in [0.5, 0.6) is 0 Å². The highest BCUT2D eigenvalue weighted by Crippen LogP contribution is 2.23. The van der Waals surface area contributed by atoms with Crippen molar-refractivity contribution in [2.24, 2.45) is 0 Å². The predicted molar refractivity (Wildman–Crippen MR) is 105 cm³/mol. The molecule has 0 radical (unpaired) electrons. The van der Waals surface area contributed by atoms with Gasteiger partial charge in [-0.15, -0.1) is 0 Å². The monoisotopic (exact) mass is 383 g/mol. The molecule has 1 saturated heterocycles. The molecular weight excluding hydrogens is 366 g/mol. The molecule has 1 unspecified atom stereocenters. The number of anilines is 2. The first-order chi connectivity index (χ1) is 13.0. The Morgan fingerprint density at radius 1 is 1.26 bits per heavy atom. The van der Waals surface area contributed by atoms with Crippen molar-refractivity contribution in [3.63, 3.8) is 0 Å². The second kappa shape index (κ2) is 7.00. The van der Waals surface area contributed by atoms with Crippen LogP contribution in [-0.2, 0) is 4.79 Å². The molecule has 0 spiro atoms. The summed E-state index contributed by atoms with van der Waals surface area (Å²) >= 11 is 6.05. The number of hydrogen-bond donors (Lipinski definition) is 2. The van der Waals surface area contributed by atoms with Crippen LogP contribution >= 0.6 is 11.6 Å². The minimum absolute atomic E-state index is 0.0653. The van der Waals surface area contributed by atoms with Gasteiger partial charge in [0, 0.05) is 40.7 Å². The van der Waals surface area contributed by atoms with Gasteiger partial charge in [0.2, 0.25) is 11.9 Å². The van der Waals surface area contributed by atoms with Gasteiger partial charge in [-0.1, -0.05) is 11.6 Å². The van der Waals surface area contributed by atoms with Crippen molar-refractivity contribution in [3.05, 3.63) is 57.5 Å². The van der Waals surface area contributed by atoms with Gasteiger partial charge in [0.25, 0.3) is 5.56 Å². The van der Waals surface area contributed by atoms with Gasteiger partial charge in [0.15, 0.2) is 0 Å². The summed E-state index contributed by atoms with van der Waals surface area (Å²) in [5, 5.41) is 4.60. The molecule has 138 valence electrons. The fourth-order valence-electron chi connectivity index (χ4n) is 3.25. The number of carbonyl (C=O) groups excluding carboxylic acids is 1. The summed E-state index contributed by atoms with van der Waals surface area (Å²) < 4.78 is 0. The molecule has 8 heteroatoms. The first-order valence-electron chi connectivity index (χ1n) is 8.74. The maximum absolute atomic E-state index is 12.4. The second-order valence-corrected chi connectivity index (χ2v) is 6.98. The summed E-state index contributed by atoms with van der Waals surface area (Å²) in [5.74, 6) is 1.00. The minimum atomic E-state index is -0.332. The lowest BCUT2D eigenvalue weighted by Crippen LogP contribution is -2.25. The first-order valence-corrected chi connectivity index (χ1v) is 9.11. The number of carbonyl (C=O) groups is 1. The van der Waals surface area contributed by atoms with Crippen molar-refractivity contribution in [1.82, 2.24) is 15.0 Å². The normalized spacial score (nSPS) is 15.3. The van der Waals surface area contributed by atoms with Crippen molar-refractivity contribution in [2.45, 2.75) is 25.8 Å². The highest BCUT2D eigenvalue weighted by Gasteiger charge is 2.23. The number of H-pyrrole nitrogens is 1. The molecule has 1 aliphatic heterocycles. The Kier molecular flexibility index (Phi) is 4.53. The number of benzene rings is 1. The Balaban J connectivity index is 1.61. The zero-order chi connectivity index (χ0) is 19.0. The van der Waals surface area contributed by atoms with Gasteiger partial charge in [-0.2, -0.15) is 4.98 Å². The fourth-order valence-corrected chi connectivity index (χ4v) is 3.43. The van der Waals surface area contributed by atoms with Crippen molar-refractivity contribution in [3.8, 4) is 0 Å². The van der Waals surface area contributed by atoms with Gasteiger partial charge in [-0.25, -0.2) is 4.98 Å². The van der Waals surface area contributed by atoms with E-state index in [0.717, 1.165) is 17.3 Å². The Morgan fingerprint density at radius 2 is 2.11 bits per heavy atom. The quantitative estimate of drug-likeness (QED) is 0.721. The summed E-state index contributed by atoms with van der Waals surface area (Å²) in [4.78, 5) is 37.5. The van der Waals surface area contributed by atoms with Crippen molar-refractivity contribution in [2.75, 3.05) is 16.8 Å². The summed E-state index contributed by atoms with van der Waals surface area (Å²) in [6.45, 7) is 2.52. The van der Waals surface area contributed by atoms with Crippen LogP contribution in [0.1, 0.15) is 31.4 Å². The Bertz CT molecular complexity index is 1080. The maximum atomic E-state index is 12.4. The molecule has 0 bridgehead atoms. The Labute approximate surface area is 160 Å². The zero-order valence-corrected chi connectivity index (χ0v) is 15.5. The molecule has 0 aliphatic carbocycles. The number of nitrogens with one attached hydrogen (secondary N) is 2. The molecule has 1 aromatic carbocycles. The Morgan fingerprint density at radius 3 is 2.89 bits per heavy atom. The lowest BCUT2D eigenvalue weighted by atomic mass is 10.1. The van der Waals surface area contributed by atoms with E-state index in [1.165, 1.54) is 0 Å². The third-order valence-electron chi connectivity index (χ3n) is 4.64. The number of pyridine rings is 1. The van der Waals surface area contributed by atoms with Crippen LogP contribution in [0.2, 0.25) is 5.02 Å². The van der Waals surface area contributed by atoms with Gasteiger partial charge < -0.3 is 10.3 Å². The molecule has 3 heterocycles. The van der Waals surface area contributed by atoms with Gasteiger partial charge >= 0.3 is 0 Å². The summed E-state index contributed by atoms with van der Waals surface area (Å²) in [7, 11) is 0. The largest absolute Gasteiger partial charge is 0.347 e. The summed E-state index contributed by atoms with van der Waals surface area (Å²) in [6.07, 6.45) is 2.97. The molecule has 27 heavy (non-hydrogen) atoms. The second-order valence-electron chi connectivity index (χ2n) is 6.54. The van der Waals surface area contributed by atoms with Crippen LogP contribution in [0, 0.1) is 0 Å². The molecule has 1 amide bonds. The average molecular weight is 384 g/mol. The third-order valence-corrected chi connectivity index (χ3v) is 4.87. The number of rotatable bonds is 4. The number of fused-ring (bicyclic) bond motifs is 1. The third kappa shape index (κ3) is 3.50. The molecule has 7 nitrogen and oxygen atoms in total. The first kappa shape index (κ1) is 17.5. The van der Waals surface area contributed by atoms with Gasteiger partial charge in [0.1, 0.15) is 5.82 Å². The predicted octanol–water partition coefficient (Wildman–Crippen LogP) is 3.27. The van der Waals surface area contributed by atoms with E-state index in [1.54, 1.807) is 35.4 Å². The highest BCUT2D eigenvalue weighted by atomic mass is 35.5. The van der Waals surface area contributed by atoms with Crippen LogP contribution in [-0.4, -0.2) is 27.4 Å². The van der Waals surface area contributed by atoms with E-state index in [0.29, 0.717) is 35.3 Å². The van der Waals surface area contributed by atoms with Gasteiger partial charge in [0.05, 0.1) is 6.04 Å². The number of nitrogens with zero attached hydrogens (tertiary/aromatic N) is 3. The van der Waals surface area contributed by atoms with Gasteiger partial charge in [-0.05, 0) is 43.7 Å². The standard InChI is InChI=1S/C19H18ClN5O2/c1-11(14-10-12-9-13(20)4-5-15(12)23-18(14)27)22-19-21-7-6-16(24-19)25-8-2-3-17(25)26/h4-7,9-11H,2-3,8H2,1H3,(H,23,27)(H,21,22,24). The highest BCUT2D eigenvalue weighted by molar-refractivity contribution is 6.31. The number of halogens is 1. The van der Waals surface area contributed by atoms with Crippen LogP contribution < -0.4 is 15.8 Å². The fraction of sp³-hybridized carbons (Fsp3) is 0.263. The number of aromatic amines is 1. The minimum Gasteiger partial charge on any atom is -0.347 e. The number of hydrogen-bond acceptors (Lipinski definition) is 5. The average Bonchev–Trinajstić information content (AvgIpc) is 3.07. The van der Waals surface area contributed by atoms with E-state index in [1.807, 2.05) is 13.0 Å². The van der Waals surface area contributed by atoms with Crippen molar-refractivity contribution >= 4 is 40.2 Å². The topological polar surface area (TPSA) is 91.0 Å². The van der Waals surface area contributed by atoms with Crippen LogP contribution in [0.15, 0.2) is 41.3 Å². The van der Waals surface area contributed by atoms with E-state index < -0.39 is 0 Å². The SMILES string of the molecule is CC(Nc1nccc(N2CCCC2=O)n1)c1cc2cc(Cl)ccc2[nH]c1=O. The van der Waals surface area contributed by atoms with Crippen LogP contribution in [0.4, 0.5) is 11.8 Å². The van der Waals surface area contributed by atoms with E-state index >= 15 is 0 Å². The molecule has 1 fully saturated rings. The molecule has 2 N–H and O–H groups in total. The van der Waals surface area contributed by atoms with Crippen molar-refractivity contribution < 1.29 is 4.79 Å². The van der Waals surface area contributed by atoms with E-state index in [9.17, 15) is 9.59 Å². The van der Waals surface area contributed by atoms with Crippen molar-refractivity contribution in [1.29, 1.82) is 0 Å². The number of aromatic nitrogens is 3. The Hall–Kier alpha value is -2.93. The summed E-state index contributed by atoms with van der Waals surface area (Å²) in [6, 6.07) is 8.51. The van der Waals surface area contributed by atoms with E-state index in [4.69, 9.17) is 11.6 Å². The maximum Gasteiger partial charge on any atom is 0.253 e. The molecular formula is C19H18ClN5O2. The molecule has 1 aliphatic rings. The summed E-state index contributed by atoms with van der Waals surface area (Å²) in [5.41, 5.74) is 1.10. The lowest BCUT2D eigenvalue weighted by Gasteiger charge is -2.17. The molecule has 2 aromatic heterocycles. The lowest BCUT2D eigenvalue weighted by molar-refractivity contribution is -0.117. The van der Waals surface area contributed by atoms with Crippen LogP contribution in [0.3, 0.4) is 0 Å². The van der Waals surface area contributed by atoms with E-state index in [2.05, 4.69) is 20.3 Å². The molecule has 3 aromatic rings. The number of amides is 1. The van der Waals surface area contributed by atoms with E-state index in [-0.39, 0.29) is 17.5 Å². The van der Waals surface area contributed by atoms with Crippen LogP contribution in [0.25, 0.3) is 10.9 Å². The molecule has 4 rings (SSSR count). The smallest absolute Gasteiger partial charge is 0.253 e. The van der Waals surface area contributed by atoms with Gasteiger partial charge in [-0.3, -0.25) is 14.5 Å². The zero-order valence-electron chi connectivity index (χ0n) is 14.7. The molecule has 1 atom stereocenters. The molecule has 0 saturated carbocycles.